The second kappa shape index (κ2) is 10.5. The van der Waals surface area contributed by atoms with Crippen molar-refractivity contribution in [3.63, 3.8) is 0 Å². The van der Waals surface area contributed by atoms with Crippen molar-refractivity contribution < 1.29 is 30.7 Å². The van der Waals surface area contributed by atoms with Gasteiger partial charge in [0.25, 0.3) is 0 Å². The molecule has 3 aromatic carbocycles. The van der Waals surface area contributed by atoms with Crippen LogP contribution in [-0.4, -0.2) is 31.1 Å². The molecule has 0 N–H and O–H groups in total. The minimum absolute atomic E-state index is 0.0666. The lowest BCUT2D eigenvalue weighted by Gasteiger charge is -2.40. The molecule has 36 heavy (non-hydrogen) atoms. The van der Waals surface area contributed by atoms with E-state index in [1.165, 1.54) is 6.07 Å². The van der Waals surface area contributed by atoms with Gasteiger partial charge in [-0.2, -0.15) is 26.3 Å². The summed E-state index contributed by atoms with van der Waals surface area (Å²) in [6.07, 6.45) is -8.13. The fourth-order valence-electron chi connectivity index (χ4n) is 4.48. The molecule has 1 aliphatic heterocycles. The van der Waals surface area contributed by atoms with Gasteiger partial charge >= 0.3 is 12.4 Å². The number of alkyl halides is 6. The van der Waals surface area contributed by atoms with Crippen molar-refractivity contribution in [3.05, 3.63) is 107 Å². The molecule has 0 saturated carbocycles. The summed E-state index contributed by atoms with van der Waals surface area (Å²) in [7, 11) is 0. The minimum atomic E-state index is -4.89. The van der Waals surface area contributed by atoms with Gasteiger partial charge in [0, 0.05) is 32.2 Å². The number of hydrogen-bond acceptors (Lipinski definition) is 2. The summed E-state index contributed by atoms with van der Waals surface area (Å²) in [5.41, 5.74) is -1.34. The highest BCUT2D eigenvalue weighted by Gasteiger charge is 2.37. The summed E-state index contributed by atoms with van der Waals surface area (Å²) >= 11 is 0. The van der Waals surface area contributed by atoms with Gasteiger partial charge in [0.1, 0.15) is 5.82 Å². The third kappa shape index (κ3) is 6.19. The lowest BCUT2D eigenvalue weighted by atomic mass is 9.95. The van der Waals surface area contributed by atoms with Gasteiger partial charge in [0.15, 0.2) is 0 Å². The largest absolute Gasteiger partial charge is 0.416 e. The molecular formula is C27H24F7N2. The van der Waals surface area contributed by atoms with E-state index in [1.807, 2.05) is 35.2 Å². The molecule has 4 rings (SSSR count). The van der Waals surface area contributed by atoms with E-state index in [0.29, 0.717) is 31.9 Å². The normalized spacial score (nSPS) is 16.2. The zero-order valence-electron chi connectivity index (χ0n) is 19.2. The van der Waals surface area contributed by atoms with Crippen LogP contribution < -0.4 is 4.90 Å². The first-order valence-corrected chi connectivity index (χ1v) is 11.4. The molecule has 1 radical (unpaired) electrons. The maximum atomic E-state index is 14.2. The molecule has 0 aliphatic carbocycles. The summed E-state index contributed by atoms with van der Waals surface area (Å²) in [6, 6.07) is 17.1. The topological polar surface area (TPSA) is 6.48 Å². The molecular weight excluding hydrogens is 485 g/mol. The zero-order chi connectivity index (χ0) is 25.9. The molecule has 1 atom stereocenters. The van der Waals surface area contributed by atoms with Crippen LogP contribution in [0.1, 0.15) is 28.3 Å². The predicted molar refractivity (Wildman–Crippen MR) is 124 cm³/mol. The van der Waals surface area contributed by atoms with E-state index in [-0.39, 0.29) is 29.9 Å². The highest BCUT2D eigenvalue weighted by atomic mass is 19.4. The Morgan fingerprint density at radius 3 is 1.83 bits per heavy atom. The number of nitrogens with zero attached hydrogens (tertiary/aromatic N) is 2. The first kappa shape index (κ1) is 26.0. The van der Waals surface area contributed by atoms with Crippen molar-refractivity contribution in [2.24, 2.45) is 0 Å². The molecule has 1 aliphatic rings. The Bertz CT molecular complexity index is 1120. The van der Waals surface area contributed by atoms with Crippen LogP contribution in [-0.2, 0) is 18.8 Å². The number of piperazine rings is 1. The molecule has 3 aromatic rings. The van der Waals surface area contributed by atoms with Crippen molar-refractivity contribution in [1.82, 2.24) is 4.90 Å². The van der Waals surface area contributed by atoms with E-state index in [1.54, 1.807) is 24.6 Å². The summed E-state index contributed by atoms with van der Waals surface area (Å²) in [4.78, 5) is 4.03. The van der Waals surface area contributed by atoms with Gasteiger partial charge in [-0.15, -0.1) is 0 Å². The molecule has 2 nitrogen and oxygen atoms in total. The van der Waals surface area contributed by atoms with Gasteiger partial charge in [0.05, 0.1) is 16.8 Å². The number of para-hydroxylation sites is 1. The van der Waals surface area contributed by atoms with Crippen molar-refractivity contribution in [1.29, 1.82) is 0 Å². The molecule has 9 heteroatoms. The van der Waals surface area contributed by atoms with Crippen molar-refractivity contribution >= 4 is 5.69 Å². The monoisotopic (exact) mass is 509 g/mol. The van der Waals surface area contributed by atoms with Gasteiger partial charge in [0.2, 0.25) is 0 Å². The second-order valence-corrected chi connectivity index (χ2v) is 8.68. The van der Waals surface area contributed by atoms with Crippen molar-refractivity contribution in [3.8, 4) is 0 Å². The van der Waals surface area contributed by atoms with Gasteiger partial charge in [-0.1, -0.05) is 42.5 Å². The predicted octanol–water partition coefficient (Wildman–Crippen LogP) is 7.17. The lowest BCUT2D eigenvalue weighted by Crippen LogP contribution is -2.48. The van der Waals surface area contributed by atoms with Gasteiger partial charge in [-0.05, 0) is 54.3 Å². The molecule has 1 unspecified atom stereocenters. The van der Waals surface area contributed by atoms with E-state index < -0.39 is 23.5 Å². The highest BCUT2D eigenvalue weighted by Crippen LogP contribution is 2.37. The third-order valence-corrected chi connectivity index (χ3v) is 6.27. The average molecular weight is 509 g/mol. The van der Waals surface area contributed by atoms with Crippen molar-refractivity contribution in [2.75, 3.05) is 31.1 Å². The van der Waals surface area contributed by atoms with E-state index >= 15 is 0 Å². The smallest absolute Gasteiger partial charge is 0.367 e. The quantitative estimate of drug-likeness (QED) is 0.325. The summed E-state index contributed by atoms with van der Waals surface area (Å²) < 4.78 is 93.9. The van der Waals surface area contributed by atoms with Crippen LogP contribution in [0, 0.1) is 12.2 Å². The average Bonchev–Trinajstić information content (AvgIpc) is 2.84. The number of benzene rings is 3. The molecule has 1 saturated heterocycles. The Balaban J connectivity index is 1.54. The first-order valence-electron chi connectivity index (χ1n) is 11.4. The van der Waals surface area contributed by atoms with Crippen LogP contribution in [0.2, 0.25) is 0 Å². The molecule has 0 aromatic heterocycles. The molecule has 1 fully saturated rings. The molecule has 0 spiro atoms. The van der Waals surface area contributed by atoms with E-state index in [9.17, 15) is 30.7 Å². The Morgan fingerprint density at radius 2 is 1.28 bits per heavy atom. The maximum absolute atomic E-state index is 14.2. The Labute approximate surface area is 205 Å². The number of rotatable bonds is 6. The Morgan fingerprint density at radius 1 is 0.722 bits per heavy atom. The van der Waals surface area contributed by atoms with Crippen LogP contribution in [0.3, 0.4) is 0 Å². The fraction of sp³-hybridized carbons (Fsp3) is 0.296. The standard InChI is InChI=1S/C27H24F7N2/c28-23-8-4-5-9-25(23)36-14-12-35(13-15-36)24(20-6-2-1-3-7-20)11-10-19-16-21(26(29,30)31)18-22(17-19)27(32,33)34/h1-9,11,16-18,24H,10,12-15H2. The SMILES string of the molecule is Fc1ccccc1N1CCN(C([CH]Cc2cc(C(F)(F)F)cc(C(F)(F)F)c2)c2ccccc2)CC1. The Hall–Kier alpha value is -3.07. The van der Waals surface area contributed by atoms with Crippen molar-refractivity contribution in [2.45, 2.75) is 24.8 Å². The van der Waals surface area contributed by atoms with Crippen LogP contribution in [0.5, 0.6) is 0 Å². The van der Waals surface area contributed by atoms with Crippen LogP contribution >= 0.6 is 0 Å². The van der Waals surface area contributed by atoms with E-state index in [0.717, 1.165) is 17.7 Å². The van der Waals surface area contributed by atoms with E-state index in [2.05, 4.69) is 4.90 Å². The van der Waals surface area contributed by atoms with Crippen LogP contribution in [0.4, 0.5) is 36.4 Å². The minimum Gasteiger partial charge on any atom is -0.367 e. The number of hydrogen-bond donors (Lipinski definition) is 0. The first-order chi connectivity index (χ1) is 17.0. The number of anilines is 1. The van der Waals surface area contributed by atoms with Crippen LogP contribution in [0.25, 0.3) is 0 Å². The third-order valence-electron chi connectivity index (χ3n) is 6.27. The van der Waals surface area contributed by atoms with E-state index in [4.69, 9.17) is 0 Å². The molecule has 191 valence electrons. The van der Waals surface area contributed by atoms with Gasteiger partial charge in [-0.3, -0.25) is 4.90 Å². The second-order valence-electron chi connectivity index (χ2n) is 8.68. The summed E-state index contributed by atoms with van der Waals surface area (Å²) in [6.45, 7) is 2.14. The summed E-state index contributed by atoms with van der Waals surface area (Å²) in [5.74, 6) is -0.317. The lowest BCUT2D eigenvalue weighted by molar-refractivity contribution is -0.143. The van der Waals surface area contributed by atoms with Gasteiger partial charge in [-0.25, -0.2) is 4.39 Å². The molecule has 0 amide bonds. The highest BCUT2D eigenvalue weighted by molar-refractivity contribution is 5.48. The molecule has 0 bridgehead atoms. The maximum Gasteiger partial charge on any atom is 0.416 e. The number of halogens is 7. The zero-order valence-corrected chi connectivity index (χ0v) is 19.2. The molecule has 1 heterocycles. The van der Waals surface area contributed by atoms with Crippen LogP contribution in [0.15, 0.2) is 72.8 Å². The summed E-state index contributed by atoms with van der Waals surface area (Å²) in [5, 5.41) is 0. The Kier molecular flexibility index (Phi) is 7.59. The fourth-order valence-corrected chi connectivity index (χ4v) is 4.48. The van der Waals surface area contributed by atoms with Gasteiger partial charge < -0.3 is 4.90 Å².